The van der Waals surface area contributed by atoms with E-state index in [1.165, 1.54) is 6.07 Å². The highest BCUT2D eigenvalue weighted by atomic mass is 16.5. The van der Waals surface area contributed by atoms with Gasteiger partial charge >= 0.3 is 5.97 Å². The van der Waals surface area contributed by atoms with Crippen LogP contribution >= 0.6 is 0 Å². The number of benzene rings is 1. The quantitative estimate of drug-likeness (QED) is 0.865. The van der Waals surface area contributed by atoms with Crippen molar-refractivity contribution in [3.8, 4) is 5.75 Å². The summed E-state index contributed by atoms with van der Waals surface area (Å²) in [7, 11) is 3.51. The van der Waals surface area contributed by atoms with E-state index in [0.29, 0.717) is 17.9 Å². The van der Waals surface area contributed by atoms with Crippen LogP contribution in [-0.2, 0) is 18.4 Å². The molecule has 116 valence electrons. The zero-order valence-corrected chi connectivity index (χ0v) is 12.4. The normalized spacial score (nSPS) is 10.3. The van der Waals surface area contributed by atoms with Gasteiger partial charge in [0, 0.05) is 38.0 Å². The second-order valence-corrected chi connectivity index (χ2v) is 4.89. The van der Waals surface area contributed by atoms with Crippen LogP contribution in [0.15, 0.2) is 36.7 Å². The lowest BCUT2D eigenvalue weighted by Crippen LogP contribution is -2.26. The lowest BCUT2D eigenvalue weighted by atomic mass is 10.2. The molecule has 0 fully saturated rings. The van der Waals surface area contributed by atoms with E-state index in [2.05, 4.69) is 5.10 Å². The molecule has 0 saturated carbocycles. The van der Waals surface area contributed by atoms with Crippen molar-refractivity contribution in [2.75, 3.05) is 13.7 Å². The molecule has 0 bridgehead atoms. The van der Waals surface area contributed by atoms with E-state index in [1.807, 2.05) is 13.2 Å². The summed E-state index contributed by atoms with van der Waals surface area (Å²) in [5.74, 6) is -0.891. The number of aromatic nitrogens is 2. The fraction of sp³-hybridized carbons (Fsp3) is 0.267. The monoisotopic (exact) mass is 303 g/mol. The number of aryl methyl sites for hydroxylation is 1. The average Bonchev–Trinajstić information content (AvgIpc) is 2.89. The molecule has 0 atom stereocenters. The molecule has 0 aliphatic heterocycles. The van der Waals surface area contributed by atoms with E-state index in [4.69, 9.17) is 9.84 Å². The molecule has 2 rings (SSSR count). The second-order valence-electron chi connectivity index (χ2n) is 4.89. The number of carbonyl (C=O) groups excluding carboxylic acids is 1. The van der Waals surface area contributed by atoms with Crippen molar-refractivity contribution in [3.05, 3.63) is 47.8 Å². The van der Waals surface area contributed by atoms with Crippen LogP contribution in [0.2, 0.25) is 0 Å². The van der Waals surface area contributed by atoms with Gasteiger partial charge in [0.25, 0.3) is 5.91 Å². The van der Waals surface area contributed by atoms with Gasteiger partial charge in [0.15, 0.2) is 6.61 Å². The Hall–Kier alpha value is -2.83. The van der Waals surface area contributed by atoms with Crippen LogP contribution in [0.4, 0.5) is 0 Å². The van der Waals surface area contributed by atoms with Crippen molar-refractivity contribution in [1.29, 1.82) is 0 Å². The van der Waals surface area contributed by atoms with Crippen LogP contribution in [0.3, 0.4) is 0 Å². The number of ether oxygens (including phenoxy) is 1. The van der Waals surface area contributed by atoms with Crippen molar-refractivity contribution in [1.82, 2.24) is 14.7 Å². The number of rotatable bonds is 6. The van der Waals surface area contributed by atoms with Gasteiger partial charge in [-0.2, -0.15) is 5.10 Å². The first-order valence-corrected chi connectivity index (χ1v) is 6.63. The van der Waals surface area contributed by atoms with Crippen LogP contribution in [0, 0.1) is 0 Å². The minimum Gasteiger partial charge on any atom is -0.482 e. The van der Waals surface area contributed by atoms with E-state index < -0.39 is 12.6 Å². The zero-order valence-electron chi connectivity index (χ0n) is 12.4. The highest BCUT2D eigenvalue weighted by Crippen LogP contribution is 2.15. The van der Waals surface area contributed by atoms with Crippen LogP contribution in [0.25, 0.3) is 0 Å². The van der Waals surface area contributed by atoms with Gasteiger partial charge in [-0.05, 0) is 18.2 Å². The maximum atomic E-state index is 12.4. The van der Waals surface area contributed by atoms with Crippen LogP contribution in [0.5, 0.6) is 5.75 Å². The molecular weight excluding hydrogens is 286 g/mol. The molecule has 7 nitrogen and oxygen atoms in total. The minimum absolute atomic E-state index is 0.176. The number of carboxylic acids is 1. The summed E-state index contributed by atoms with van der Waals surface area (Å²) >= 11 is 0. The van der Waals surface area contributed by atoms with Gasteiger partial charge in [0.1, 0.15) is 5.75 Å². The molecule has 0 aliphatic rings. The van der Waals surface area contributed by atoms with Gasteiger partial charge in [-0.1, -0.05) is 6.07 Å². The summed E-state index contributed by atoms with van der Waals surface area (Å²) in [6.07, 6.45) is 3.55. The lowest BCUT2D eigenvalue weighted by molar-refractivity contribution is -0.139. The van der Waals surface area contributed by atoms with E-state index in [1.54, 1.807) is 41.0 Å². The summed E-state index contributed by atoms with van der Waals surface area (Å²) in [4.78, 5) is 24.4. The van der Waals surface area contributed by atoms with Crippen molar-refractivity contribution in [3.63, 3.8) is 0 Å². The van der Waals surface area contributed by atoms with Crippen molar-refractivity contribution in [2.24, 2.45) is 7.05 Å². The third kappa shape index (κ3) is 4.08. The molecular formula is C15H17N3O4. The van der Waals surface area contributed by atoms with Crippen molar-refractivity contribution < 1.29 is 19.4 Å². The van der Waals surface area contributed by atoms with Crippen LogP contribution < -0.4 is 4.74 Å². The Morgan fingerprint density at radius 2 is 2.18 bits per heavy atom. The Kier molecular flexibility index (Phi) is 4.77. The van der Waals surface area contributed by atoms with E-state index in [0.717, 1.165) is 5.56 Å². The Labute approximate surface area is 127 Å². The summed E-state index contributed by atoms with van der Waals surface area (Å²) in [5.41, 5.74) is 1.37. The molecule has 1 N–H and O–H groups in total. The molecule has 7 heteroatoms. The number of hydrogen-bond acceptors (Lipinski definition) is 4. The highest BCUT2D eigenvalue weighted by molar-refractivity contribution is 5.94. The maximum absolute atomic E-state index is 12.4. The third-order valence-electron chi connectivity index (χ3n) is 2.97. The zero-order chi connectivity index (χ0) is 16.1. The molecule has 0 saturated heterocycles. The highest BCUT2D eigenvalue weighted by Gasteiger charge is 2.13. The van der Waals surface area contributed by atoms with E-state index >= 15 is 0 Å². The Balaban J connectivity index is 2.04. The first-order chi connectivity index (χ1) is 10.5. The fourth-order valence-electron chi connectivity index (χ4n) is 1.98. The number of amides is 1. The number of carboxylic acid groups (broad SMARTS) is 1. The fourth-order valence-corrected chi connectivity index (χ4v) is 1.98. The average molecular weight is 303 g/mol. The predicted octanol–water partition coefficient (Wildman–Crippen LogP) is 1.16. The minimum atomic E-state index is -1.06. The van der Waals surface area contributed by atoms with Gasteiger partial charge in [0.2, 0.25) is 0 Å². The van der Waals surface area contributed by atoms with Gasteiger partial charge in [0.05, 0.1) is 6.20 Å². The Morgan fingerprint density at radius 1 is 1.41 bits per heavy atom. The standard InChI is InChI=1S/C15H17N3O4/c1-17(8-11-7-16-18(2)9-11)15(21)12-4-3-5-13(6-12)22-10-14(19)20/h3-7,9H,8,10H2,1-2H3,(H,19,20). The van der Waals surface area contributed by atoms with Crippen molar-refractivity contribution >= 4 is 11.9 Å². The maximum Gasteiger partial charge on any atom is 0.341 e. The molecule has 0 aliphatic carbocycles. The lowest BCUT2D eigenvalue weighted by Gasteiger charge is -2.16. The molecule has 0 unspecified atom stereocenters. The SMILES string of the molecule is CN(Cc1cnn(C)c1)C(=O)c1cccc(OCC(=O)O)c1. The van der Waals surface area contributed by atoms with E-state index in [9.17, 15) is 9.59 Å². The summed E-state index contributed by atoms with van der Waals surface area (Å²) < 4.78 is 6.75. The van der Waals surface area contributed by atoms with Crippen molar-refractivity contribution in [2.45, 2.75) is 6.54 Å². The van der Waals surface area contributed by atoms with Gasteiger partial charge in [-0.25, -0.2) is 4.79 Å². The predicted molar refractivity (Wildman–Crippen MR) is 78.6 cm³/mol. The number of hydrogen-bond donors (Lipinski definition) is 1. The number of carbonyl (C=O) groups is 2. The largest absolute Gasteiger partial charge is 0.482 e. The molecule has 1 amide bonds. The molecule has 1 aromatic carbocycles. The first-order valence-electron chi connectivity index (χ1n) is 6.63. The molecule has 1 aromatic heterocycles. The second kappa shape index (κ2) is 6.75. The topological polar surface area (TPSA) is 84.7 Å². The Morgan fingerprint density at radius 3 is 2.82 bits per heavy atom. The number of aliphatic carboxylic acids is 1. The number of nitrogens with zero attached hydrogens (tertiary/aromatic N) is 3. The molecule has 22 heavy (non-hydrogen) atoms. The van der Waals surface area contributed by atoms with Gasteiger partial charge in [-0.3, -0.25) is 9.48 Å². The molecule has 0 radical (unpaired) electrons. The molecule has 2 aromatic rings. The summed E-state index contributed by atoms with van der Waals surface area (Å²) in [5, 5.41) is 12.7. The third-order valence-corrected chi connectivity index (χ3v) is 2.97. The Bertz CT molecular complexity index is 681. The van der Waals surface area contributed by atoms with Gasteiger partial charge in [-0.15, -0.1) is 0 Å². The molecule has 0 spiro atoms. The summed E-state index contributed by atoms with van der Waals surface area (Å²) in [6, 6.07) is 6.46. The first kappa shape index (κ1) is 15.6. The summed E-state index contributed by atoms with van der Waals surface area (Å²) in [6.45, 7) is -0.00392. The molecule has 1 heterocycles. The smallest absolute Gasteiger partial charge is 0.341 e. The van der Waals surface area contributed by atoms with Crippen LogP contribution in [0.1, 0.15) is 15.9 Å². The van der Waals surface area contributed by atoms with E-state index in [-0.39, 0.29) is 5.91 Å². The van der Waals surface area contributed by atoms with Gasteiger partial charge < -0.3 is 14.7 Å². The van der Waals surface area contributed by atoms with Crippen LogP contribution in [-0.4, -0.2) is 45.3 Å².